The van der Waals surface area contributed by atoms with Crippen molar-refractivity contribution in [2.24, 2.45) is 17.8 Å². The number of unbranched alkanes of at least 4 members (excludes halogenated alkanes) is 2. The monoisotopic (exact) mass is 340 g/mol. The third kappa shape index (κ3) is 10.1. The second kappa shape index (κ2) is 13.5. The summed E-state index contributed by atoms with van der Waals surface area (Å²) >= 11 is 0. The van der Waals surface area contributed by atoms with Crippen molar-refractivity contribution in [2.75, 3.05) is 7.11 Å². The standard InChI is InChI=1S/C21H40O3/c1-8-10-11-12-17(4)13-14-20(18(5)15-16(3)9-2)24-21(22)19(6)23-7/h9,16-20H,2,8,10-15H2,1,3-7H3. The smallest absolute Gasteiger partial charge is 0.335 e. The van der Waals surface area contributed by atoms with Crippen LogP contribution in [0.2, 0.25) is 0 Å². The van der Waals surface area contributed by atoms with Gasteiger partial charge in [-0.1, -0.05) is 59.5 Å². The zero-order valence-corrected chi connectivity index (χ0v) is 16.8. The fraction of sp³-hybridized carbons (Fsp3) is 0.857. The number of hydrogen-bond donors (Lipinski definition) is 0. The molecule has 0 aliphatic rings. The highest BCUT2D eigenvalue weighted by Crippen LogP contribution is 2.25. The summed E-state index contributed by atoms with van der Waals surface area (Å²) in [6.07, 6.45) is 9.60. The van der Waals surface area contributed by atoms with E-state index in [2.05, 4.69) is 34.3 Å². The molecule has 0 amide bonds. The number of ether oxygens (including phenoxy) is 2. The van der Waals surface area contributed by atoms with Crippen LogP contribution in [0.25, 0.3) is 0 Å². The van der Waals surface area contributed by atoms with E-state index in [9.17, 15) is 4.79 Å². The highest BCUT2D eigenvalue weighted by atomic mass is 16.6. The second-order valence-corrected chi connectivity index (χ2v) is 7.46. The molecule has 3 nitrogen and oxygen atoms in total. The normalized spacial score (nSPS) is 17.6. The Morgan fingerprint density at radius 2 is 1.75 bits per heavy atom. The molecule has 0 aliphatic heterocycles. The molecule has 24 heavy (non-hydrogen) atoms. The maximum atomic E-state index is 12.1. The van der Waals surface area contributed by atoms with Gasteiger partial charge in [0.1, 0.15) is 6.10 Å². The molecule has 0 aromatic rings. The molecule has 0 saturated carbocycles. The van der Waals surface area contributed by atoms with Gasteiger partial charge in [-0.15, -0.1) is 6.58 Å². The third-order valence-corrected chi connectivity index (χ3v) is 4.98. The van der Waals surface area contributed by atoms with Crippen molar-refractivity contribution < 1.29 is 14.3 Å². The molecule has 0 aromatic carbocycles. The Bertz CT molecular complexity index is 340. The number of hydrogen-bond acceptors (Lipinski definition) is 3. The molecule has 0 heterocycles. The van der Waals surface area contributed by atoms with Crippen molar-refractivity contribution in [3.8, 4) is 0 Å². The van der Waals surface area contributed by atoms with Gasteiger partial charge >= 0.3 is 5.97 Å². The molecule has 0 rings (SSSR count). The fourth-order valence-electron chi connectivity index (χ4n) is 2.97. The van der Waals surface area contributed by atoms with E-state index in [0.717, 1.165) is 19.3 Å². The molecule has 142 valence electrons. The van der Waals surface area contributed by atoms with E-state index >= 15 is 0 Å². The molecule has 5 unspecified atom stereocenters. The summed E-state index contributed by atoms with van der Waals surface area (Å²) in [6, 6.07) is 0. The molecule has 0 spiro atoms. The van der Waals surface area contributed by atoms with E-state index in [1.165, 1.54) is 25.7 Å². The van der Waals surface area contributed by atoms with Crippen LogP contribution in [0.5, 0.6) is 0 Å². The molecular formula is C21H40O3. The van der Waals surface area contributed by atoms with E-state index < -0.39 is 6.10 Å². The number of carbonyl (C=O) groups excluding carboxylic acids is 1. The fourth-order valence-corrected chi connectivity index (χ4v) is 2.97. The Balaban J connectivity index is 4.61. The summed E-state index contributed by atoms with van der Waals surface area (Å²) in [5, 5.41) is 0. The van der Waals surface area contributed by atoms with E-state index in [1.807, 2.05) is 6.08 Å². The Kier molecular flexibility index (Phi) is 13.0. The molecule has 0 saturated heterocycles. The van der Waals surface area contributed by atoms with Gasteiger partial charge in [0.05, 0.1) is 0 Å². The van der Waals surface area contributed by atoms with Crippen molar-refractivity contribution in [1.29, 1.82) is 0 Å². The van der Waals surface area contributed by atoms with Crippen molar-refractivity contribution in [1.82, 2.24) is 0 Å². The molecule has 0 aliphatic carbocycles. The van der Waals surface area contributed by atoms with E-state index in [0.29, 0.717) is 17.8 Å². The maximum Gasteiger partial charge on any atom is 0.335 e. The zero-order valence-electron chi connectivity index (χ0n) is 16.8. The van der Waals surface area contributed by atoms with Crippen LogP contribution in [0.4, 0.5) is 0 Å². The molecule has 0 N–H and O–H groups in total. The van der Waals surface area contributed by atoms with Crippen LogP contribution in [0.3, 0.4) is 0 Å². The molecule has 0 fully saturated rings. The minimum absolute atomic E-state index is 0.0360. The molecule has 0 radical (unpaired) electrons. The Hall–Kier alpha value is -0.830. The zero-order chi connectivity index (χ0) is 18.5. The van der Waals surface area contributed by atoms with Gasteiger partial charge in [-0.25, -0.2) is 4.79 Å². The number of rotatable bonds is 14. The maximum absolute atomic E-state index is 12.1. The van der Waals surface area contributed by atoms with Gasteiger partial charge in [0, 0.05) is 7.11 Å². The lowest BCUT2D eigenvalue weighted by atomic mass is 9.88. The highest BCUT2D eigenvalue weighted by Gasteiger charge is 2.25. The first kappa shape index (κ1) is 23.2. The predicted molar refractivity (Wildman–Crippen MR) is 102 cm³/mol. The first-order valence-electron chi connectivity index (χ1n) is 9.71. The lowest BCUT2D eigenvalue weighted by Crippen LogP contribution is -2.32. The van der Waals surface area contributed by atoms with Crippen molar-refractivity contribution in [3.05, 3.63) is 12.7 Å². The van der Waals surface area contributed by atoms with Crippen LogP contribution >= 0.6 is 0 Å². The van der Waals surface area contributed by atoms with Crippen LogP contribution in [0, 0.1) is 17.8 Å². The Morgan fingerprint density at radius 1 is 1.08 bits per heavy atom. The molecule has 5 atom stereocenters. The molecule has 3 heteroatoms. The van der Waals surface area contributed by atoms with Gasteiger partial charge in [-0.3, -0.25) is 0 Å². The van der Waals surface area contributed by atoms with E-state index in [1.54, 1.807) is 14.0 Å². The number of allylic oxidation sites excluding steroid dienone is 1. The average Bonchev–Trinajstić information content (AvgIpc) is 2.57. The summed E-state index contributed by atoms with van der Waals surface area (Å²) in [5.41, 5.74) is 0. The molecular weight excluding hydrogens is 300 g/mol. The Morgan fingerprint density at radius 3 is 2.29 bits per heavy atom. The molecule has 0 aromatic heterocycles. The minimum Gasteiger partial charge on any atom is -0.460 e. The first-order chi connectivity index (χ1) is 11.3. The SMILES string of the molecule is C=CC(C)CC(C)C(CCC(C)CCCCC)OC(=O)C(C)OC. The average molecular weight is 341 g/mol. The van der Waals surface area contributed by atoms with Crippen molar-refractivity contribution >= 4 is 5.97 Å². The first-order valence-corrected chi connectivity index (χ1v) is 9.71. The second-order valence-electron chi connectivity index (χ2n) is 7.46. The van der Waals surface area contributed by atoms with Gasteiger partial charge < -0.3 is 9.47 Å². The van der Waals surface area contributed by atoms with Gasteiger partial charge in [-0.05, 0) is 43.9 Å². The topological polar surface area (TPSA) is 35.5 Å². The van der Waals surface area contributed by atoms with Crippen LogP contribution in [-0.2, 0) is 14.3 Å². The number of esters is 1. The van der Waals surface area contributed by atoms with Crippen molar-refractivity contribution in [3.63, 3.8) is 0 Å². The molecule has 0 bridgehead atoms. The van der Waals surface area contributed by atoms with Crippen LogP contribution in [0.15, 0.2) is 12.7 Å². The Labute approximate surface area is 150 Å². The summed E-state index contributed by atoms with van der Waals surface area (Å²) in [4.78, 5) is 12.1. The summed E-state index contributed by atoms with van der Waals surface area (Å²) in [7, 11) is 1.54. The van der Waals surface area contributed by atoms with Crippen LogP contribution in [-0.4, -0.2) is 25.3 Å². The quantitative estimate of drug-likeness (QED) is 0.228. The van der Waals surface area contributed by atoms with Gasteiger partial charge in [0.15, 0.2) is 6.10 Å². The van der Waals surface area contributed by atoms with Gasteiger partial charge in [0.2, 0.25) is 0 Å². The highest BCUT2D eigenvalue weighted by molar-refractivity contribution is 5.74. The van der Waals surface area contributed by atoms with Crippen molar-refractivity contribution in [2.45, 2.75) is 91.8 Å². The largest absolute Gasteiger partial charge is 0.460 e. The van der Waals surface area contributed by atoms with Crippen LogP contribution < -0.4 is 0 Å². The number of carbonyl (C=O) groups is 1. The third-order valence-electron chi connectivity index (χ3n) is 4.98. The lowest BCUT2D eigenvalue weighted by Gasteiger charge is -2.27. The minimum atomic E-state index is -0.501. The van der Waals surface area contributed by atoms with Crippen LogP contribution in [0.1, 0.15) is 79.6 Å². The van der Waals surface area contributed by atoms with Gasteiger partial charge in [-0.2, -0.15) is 0 Å². The summed E-state index contributed by atoms with van der Waals surface area (Å²) in [5.74, 6) is 1.19. The number of methoxy groups -OCH3 is 1. The summed E-state index contributed by atoms with van der Waals surface area (Å²) in [6.45, 7) is 14.5. The van der Waals surface area contributed by atoms with Gasteiger partial charge in [0.25, 0.3) is 0 Å². The van der Waals surface area contributed by atoms with E-state index in [4.69, 9.17) is 9.47 Å². The van der Waals surface area contributed by atoms with E-state index in [-0.39, 0.29) is 12.1 Å². The lowest BCUT2D eigenvalue weighted by molar-refractivity contribution is -0.163. The predicted octanol–water partition coefficient (Wildman–Crippen LogP) is 5.78. The summed E-state index contributed by atoms with van der Waals surface area (Å²) < 4.78 is 10.9.